The highest BCUT2D eigenvalue weighted by molar-refractivity contribution is 4.50. The minimum absolute atomic E-state index is 0.180. The van der Waals surface area contributed by atoms with Crippen molar-refractivity contribution in [1.29, 1.82) is 0 Å². The monoisotopic (exact) mass is 240 g/mol. The summed E-state index contributed by atoms with van der Waals surface area (Å²) in [5.74, 6) is 0. The van der Waals surface area contributed by atoms with E-state index in [1.165, 1.54) is 19.3 Å². The van der Waals surface area contributed by atoms with Crippen LogP contribution < -0.4 is 0 Å². The van der Waals surface area contributed by atoms with Crippen LogP contribution in [0.1, 0.15) is 58.3 Å². The summed E-state index contributed by atoms with van der Waals surface area (Å²) in [4.78, 5) is 0. The summed E-state index contributed by atoms with van der Waals surface area (Å²) in [6.45, 7) is 3.32. The lowest BCUT2D eigenvalue weighted by molar-refractivity contribution is -0.136. The summed E-state index contributed by atoms with van der Waals surface area (Å²) >= 11 is 0. The first kappa shape index (κ1) is 15.8. The van der Waals surface area contributed by atoms with E-state index in [1.807, 2.05) is 0 Å². The van der Waals surface area contributed by atoms with Crippen LogP contribution >= 0.6 is 0 Å². The molecule has 0 saturated carbocycles. The van der Waals surface area contributed by atoms with Gasteiger partial charge in [-0.2, -0.15) is 13.2 Å². The summed E-state index contributed by atoms with van der Waals surface area (Å²) < 4.78 is 40.6. The molecule has 0 aliphatic rings. The quantitative estimate of drug-likeness (QED) is 0.503. The molecule has 0 rings (SSSR count). The van der Waals surface area contributed by atoms with Crippen LogP contribution in [-0.2, 0) is 4.74 Å². The predicted molar refractivity (Wildman–Crippen MR) is 59.5 cm³/mol. The molecule has 0 atom stereocenters. The molecule has 98 valence electrons. The van der Waals surface area contributed by atoms with E-state index in [1.54, 1.807) is 0 Å². The van der Waals surface area contributed by atoms with E-state index >= 15 is 0 Å². The molecule has 0 radical (unpaired) electrons. The fraction of sp³-hybridized carbons (Fsp3) is 1.00. The first-order valence-corrected chi connectivity index (χ1v) is 6.20. The fourth-order valence-electron chi connectivity index (χ4n) is 1.44. The SMILES string of the molecule is CCCCCCCOCCCCC(F)(F)F. The first-order chi connectivity index (χ1) is 7.56. The molecule has 0 heterocycles. The van der Waals surface area contributed by atoms with Crippen molar-refractivity contribution in [2.75, 3.05) is 13.2 Å². The van der Waals surface area contributed by atoms with Crippen LogP contribution in [0.15, 0.2) is 0 Å². The van der Waals surface area contributed by atoms with Gasteiger partial charge in [0, 0.05) is 19.6 Å². The number of hydrogen-bond donors (Lipinski definition) is 0. The van der Waals surface area contributed by atoms with Crippen LogP contribution in [0, 0.1) is 0 Å². The van der Waals surface area contributed by atoms with Gasteiger partial charge in [0.05, 0.1) is 0 Å². The highest BCUT2D eigenvalue weighted by Gasteiger charge is 2.25. The Kier molecular flexibility index (Phi) is 9.78. The van der Waals surface area contributed by atoms with Gasteiger partial charge in [0.1, 0.15) is 0 Å². The Hall–Kier alpha value is -0.250. The largest absolute Gasteiger partial charge is 0.389 e. The molecule has 0 aromatic carbocycles. The highest BCUT2D eigenvalue weighted by Crippen LogP contribution is 2.21. The van der Waals surface area contributed by atoms with E-state index in [0.717, 1.165) is 12.8 Å². The average molecular weight is 240 g/mol. The molecule has 4 heteroatoms. The van der Waals surface area contributed by atoms with Crippen LogP contribution in [0.3, 0.4) is 0 Å². The summed E-state index contributed by atoms with van der Waals surface area (Å²) in [5.41, 5.74) is 0. The molecule has 0 N–H and O–H groups in total. The average Bonchev–Trinajstić information content (AvgIpc) is 2.19. The maximum Gasteiger partial charge on any atom is 0.389 e. The maximum absolute atomic E-state index is 11.8. The molecular formula is C12H23F3O. The second-order valence-corrected chi connectivity index (χ2v) is 4.10. The Labute approximate surface area is 96.4 Å². The first-order valence-electron chi connectivity index (χ1n) is 6.20. The molecule has 0 aliphatic carbocycles. The van der Waals surface area contributed by atoms with Gasteiger partial charge in [-0.05, 0) is 19.3 Å². The molecular weight excluding hydrogens is 217 g/mol. The van der Waals surface area contributed by atoms with E-state index < -0.39 is 12.6 Å². The third kappa shape index (κ3) is 13.8. The highest BCUT2D eigenvalue weighted by atomic mass is 19.4. The number of ether oxygens (including phenoxy) is 1. The molecule has 0 amide bonds. The van der Waals surface area contributed by atoms with E-state index in [2.05, 4.69) is 6.92 Å². The Bertz CT molecular complexity index is 146. The van der Waals surface area contributed by atoms with Gasteiger partial charge in [-0.15, -0.1) is 0 Å². The van der Waals surface area contributed by atoms with Crippen molar-refractivity contribution in [3.8, 4) is 0 Å². The topological polar surface area (TPSA) is 9.23 Å². The third-order valence-electron chi connectivity index (χ3n) is 2.39. The zero-order valence-electron chi connectivity index (χ0n) is 10.1. The van der Waals surface area contributed by atoms with E-state index in [-0.39, 0.29) is 6.42 Å². The second kappa shape index (κ2) is 9.94. The van der Waals surface area contributed by atoms with Crippen molar-refractivity contribution < 1.29 is 17.9 Å². The maximum atomic E-state index is 11.8. The lowest BCUT2D eigenvalue weighted by Gasteiger charge is -2.06. The van der Waals surface area contributed by atoms with Crippen LogP contribution in [0.25, 0.3) is 0 Å². The summed E-state index contributed by atoms with van der Waals surface area (Å²) in [7, 11) is 0. The third-order valence-corrected chi connectivity index (χ3v) is 2.39. The Morgan fingerprint density at radius 2 is 1.38 bits per heavy atom. The van der Waals surface area contributed by atoms with Crippen molar-refractivity contribution >= 4 is 0 Å². The van der Waals surface area contributed by atoms with Gasteiger partial charge in [-0.3, -0.25) is 0 Å². The van der Waals surface area contributed by atoms with Crippen molar-refractivity contribution in [1.82, 2.24) is 0 Å². The molecule has 0 aromatic heterocycles. The van der Waals surface area contributed by atoms with Gasteiger partial charge in [0.2, 0.25) is 0 Å². The number of halogens is 3. The summed E-state index contributed by atoms with van der Waals surface area (Å²) in [6, 6.07) is 0. The molecule has 0 bridgehead atoms. The standard InChI is InChI=1S/C12H23F3O/c1-2-3-4-5-7-10-16-11-8-6-9-12(13,14)15/h2-11H2,1H3. The van der Waals surface area contributed by atoms with Crippen LogP contribution in [0.4, 0.5) is 13.2 Å². The van der Waals surface area contributed by atoms with Crippen LogP contribution in [0.5, 0.6) is 0 Å². The van der Waals surface area contributed by atoms with Crippen molar-refractivity contribution in [2.24, 2.45) is 0 Å². The second-order valence-electron chi connectivity index (χ2n) is 4.10. The zero-order valence-corrected chi connectivity index (χ0v) is 10.1. The minimum Gasteiger partial charge on any atom is -0.381 e. The Balaban J connectivity index is 2.99. The zero-order chi connectivity index (χ0) is 12.3. The van der Waals surface area contributed by atoms with Crippen LogP contribution in [0.2, 0.25) is 0 Å². The van der Waals surface area contributed by atoms with Crippen molar-refractivity contribution in [3.05, 3.63) is 0 Å². The van der Waals surface area contributed by atoms with E-state index in [9.17, 15) is 13.2 Å². The van der Waals surface area contributed by atoms with Gasteiger partial charge in [0.25, 0.3) is 0 Å². The summed E-state index contributed by atoms with van der Waals surface area (Å²) in [5, 5.41) is 0. The lowest BCUT2D eigenvalue weighted by atomic mass is 10.2. The van der Waals surface area contributed by atoms with Gasteiger partial charge >= 0.3 is 6.18 Å². The van der Waals surface area contributed by atoms with E-state index in [4.69, 9.17) is 4.74 Å². The molecule has 0 aromatic rings. The smallest absolute Gasteiger partial charge is 0.381 e. The molecule has 0 aliphatic heterocycles. The molecule has 16 heavy (non-hydrogen) atoms. The minimum atomic E-state index is -4.01. The number of alkyl halides is 3. The Morgan fingerprint density at radius 3 is 1.94 bits per heavy atom. The van der Waals surface area contributed by atoms with Gasteiger partial charge < -0.3 is 4.74 Å². The molecule has 0 spiro atoms. The molecule has 0 saturated heterocycles. The number of unbranched alkanes of at least 4 members (excludes halogenated alkanes) is 5. The molecule has 0 fully saturated rings. The van der Waals surface area contributed by atoms with Crippen molar-refractivity contribution in [3.63, 3.8) is 0 Å². The fourth-order valence-corrected chi connectivity index (χ4v) is 1.44. The Morgan fingerprint density at radius 1 is 0.812 bits per heavy atom. The predicted octanol–water partition coefficient (Wildman–Crippen LogP) is 4.71. The van der Waals surface area contributed by atoms with Gasteiger partial charge in [-0.25, -0.2) is 0 Å². The molecule has 1 nitrogen and oxygen atoms in total. The normalized spacial score (nSPS) is 12.0. The van der Waals surface area contributed by atoms with Gasteiger partial charge in [0.15, 0.2) is 0 Å². The summed E-state index contributed by atoms with van der Waals surface area (Å²) in [6.07, 6.45) is 1.88. The lowest BCUT2D eigenvalue weighted by Crippen LogP contribution is -2.07. The van der Waals surface area contributed by atoms with E-state index in [0.29, 0.717) is 19.6 Å². The van der Waals surface area contributed by atoms with Crippen LogP contribution in [-0.4, -0.2) is 19.4 Å². The van der Waals surface area contributed by atoms with Crippen molar-refractivity contribution in [2.45, 2.75) is 64.5 Å². The molecule has 0 unspecified atom stereocenters. The van der Waals surface area contributed by atoms with Gasteiger partial charge in [-0.1, -0.05) is 32.6 Å². The number of hydrogen-bond acceptors (Lipinski definition) is 1. The number of rotatable bonds is 10.